The number of halogens is 1. The summed E-state index contributed by atoms with van der Waals surface area (Å²) in [6.07, 6.45) is 3.05. The van der Waals surface area contributed by atoms with Crippen molar-refractivity contribution in [3.05, 3.63) is 29.3 Å². The molecule has 0 radical (unpaired) electrons. The number of hydrogen-bond donors (Lipinski definition) is 0. The number of rotatable bonds is 6. The summed E-state index contributed by atoms with van der Waals surface area (Å²) in [5.74, 6) is 0.568. The molecule has 0 bridgehead atoms. The smallest absolute Gasteiger partial charge is 0.323 e. The van der Waals surface area contributed by atoms with Gasteiger partial charge >= 0.3 is 5.97 Å². The average molecular weight is 312 g/mol. The molecule has 0 spiro atoms. The molecule has 1 fully saturated rings. The first-order valence-corrected chi connectivity index (χ1v) is 7.88. The molecule has 1 saturated heterocycles. The van der Waals surface area contributed by atoms with Gasteiger partial charge in [-0.05, 0) is 38.4 Å². The minimum absolute atomic E-state index is 0.116. The molecular formula is C16H22ClNO3. The van der Waals surface area contributed by atoms with Crippen LogP contribution in [0.2, 0.25) is 5.02 Å². The molecule has 0 aliphatic carbocycles. The van der Waals surface area contributed by atoms with Crippen LogP contribution in [0.5, 0.6) is 5.75 Å². The van der Waals surface area contributed by atoms with Crippen molar-refractivity contribution in [3.8, 4) is 5.75 Å². The van der Waals surface area contributed by atoms with Crippen LogP contribution < -0.4 is 4.74 Å². The van der Waals surface area contributed by atoms with Crippen LogP contribution in [-0.2, 0) is 9.53 Å². The highest BCUT2D eigenvalue weighted by atomic mass is 35.5. The number of ether oxygens (including phenoxy) is 2. The second-order valence-electron chi connectivity index (χ2n) is 5.08. The summed E-state index contributed by atoms with van der Waals surface area (Å²) in [6.45, 7) is 4.40. The van der Waals surface area contributed by atoms with Gasteiger partial charge in [0.15, 0.2) is 0 Å². The zero-order valence-electron chi connectivity index (χ0n) is 12.4. The van der Waals surface area contributed by atoms with Crippen LogP contribution in [0, 0.1) is 0 Å². The van der Waals surface area contributed by atoms with E-state index in [1.807, 2.05) is 25.1 Å². The summed E-state index contributed by atoms with van der Waals surface area (Å²) in [4.78, 5) is 14.1. The van der Waals surface area contributed by atoms with Crippen LogP contribution in [0.1, 0.15) is 26.2 Å². The van der Waals surface area contributed by atoms with Gasteiger partial charge in [0.2, 0.25) is 0 Å². The van der Waals surface area contributed by atoms with Crippen LogP contribution in [0.3, 0.4) is 0 Å². The van der Waals surface area contributed by atoms with Gasteiger partial charge in [0.25, 0.3) is 0 Å². The molecule has 0 amide bonds. The lowest BCUT2D eigenvalue weighted by Crippen LogP contribution is -2.47. The SMILES string of the molecule is CCOC(=O)C1CCCCN1CCOc1ccccc1Cl. The molecule has 2 rings (SSSR count). The van der Waals surface area contributed by atoms with E-state index in [-0.39, 0.29) is 12.0 Å². The minimum Gasteiger partial charge on any atom is -0.491 e. The van der Waals surface area contributed by atoms with E-state index >= 15 is 0 Å². The lowest BCUT2D eigenvalue weighted by Gasteiger charge is -2.33. The van der Waals surface area contributed by atoms with Gasteiger partial charge in [-0.2, -0.15) is 0 Å². The number of carbonyl (C=O) groups excluding carboxylic acids is 1. The van der Waals surface area contributed by atoms with E-state index in [0.717, 1.165) is 25.8 Å². The fourth-order valence-corrected chi connectivity index (χ4v) is 2.79. The van der Waals surface area contributed by atoms with Crippen molar-refractivity contribution in [1.29, 1.82) is 0 Å². The monoisotopic (exact) mass is 311 g/mol. The van der Waals surface area contributed by atoms with Gasteiger partial charge in [-0.3, -0.25) is 9.69 Å². The molecule has 1 aromatic rings. The second kappa shape index (κ2) is 8.25. The predicted octanol–water partition coefficient (Wildman–Crippen LogP) is 3.14. The third kappa shape index (κ3) is 4.61. The average Bonchev–Trinajstić information content (AvgIpc) is 2.50. The van der Waals surface area contributed by atoms with Crippen molar-refractivity contribution in [3.63, 3.8) is 0 Å². The van der Waals surface area contributed by atoms with Gasteiger partial charge in [-0.25, -0.2) is 0 Å². The van der Waals surface area contributed by atoms with E-state index in [9.17, 15) is 4.79 Å². The first-order valence-electron chi connectivity index (χ1n) is 7.50. The highest BCUT2D eigenvalue weighted by molar-refractivity contribution is 6.32. The Hall–Kier alpha value is -1.26. The van der Waals surface area contributed by atoms with Gasteiger partial charge in [-0.15, -0.1) is 0 Å². The predicted molar refractivity (Wildman–Crippen MR) is 82.8 cm³/mol. The van der Waals surface area contributed by atoms with Crippen LogP contribution in [0.25, 0.3) is 0 Å². The molecule has 0 aromatic heterocycles. The van der Waals surface area contributed by atoms with Crippen molar-refractivity contribution in [2.24, 2.45) is 0 Å². The van der Waals surface area contributed by atoms with Gasteiger partial charge in [0.1, 0.15) is 18.4 Å². The number of hydrogen-bond acceptors (Lipinski definition) is 4. The number of esters is 1. The largest absolute Gasteiger partial charge is 0.491 e. The Bertz CT molecular complexity index is 467. The zero-order chi connectivity index (χ0) is 15.1. The topological polar surface area (TPSA) is 38.8 Å². The number of piperidine rings is 1. The Morgan fingerprint density at radius 3 is 2.95 bits per heavy atom. The first-order chi connectivity index (χ1) is 10.2. The number of nitrogens with zero attached hydrogens (tertiary/aromatic N) is 1. The van der Waals surface area contributed by atoms with Crippen molar-refractivity contribution in [1.82, 2.24) is 4.90 Å². The summed E-state index contributed by atoms with van der Waals surface area (Å²) in [7, 11) is 0. The van der Waals surface area contributed by atoms with Crippen LogP contribution in [0.4, 0.5) is 0 Å². The molecule has 1 atom stereocenters. The van der Waals surface area contributed by atoms with Crippen molar-refractivity contribution >= 4 is 17.6 Å². The summed E-state index contributed by atoms with van der Waals surface area (Å²) in [5.41, 5.74) is 0. The molecule has 4 nitrogen and oxygen atoms in total. The highest BCUT2D eigenvalue weighted by Crippen LogP contribution is 2.23. The molecule has 1 aliphatic heterocycles. The fraction of sp³-hybridized carbons (Fsp3) is 0.562. The summed E-state index contributed by atoms with van der Waals surface area (Å²) >= 11 is 6.05. The van der Waals surface area contributed by atoms with Crippen molar-refractivity contribution < 1.29 is 14.3 Å². The number of likely N-dealkylation sites (tertiary alicyclic amines) is 1. The minimum atomic E-state index is -0.131. The molecule has 1 aromatic carbocycles. The molecule has 5 heteroatoms. The molecule has 0 N–H and O–H groups in total. The number of benzene rings is 1. The van der Waals surface area contributed by atoms with Crippen LogP contribution in [0.15, 0.2) is 24.3 Å². The van der Waals surface area contributed by atoms with Gasteiger partial charge in [0.05, 0.1) is 11.6 Å². The maximum Gasteiger partial charge on any atom is 0.323 e. The maximum atomic E-state index is 12.0. The van der Waals surface area contributed by atoms with E-state index < -0.39 is 0 Å². The Morgan fingerprint density at radius 1 is 1.38 bits per heavy atom. The molecule has 0 saturated carbocycles. The number of para-hydroxylation sites is 1. The Morgan fingerprint density at radius 2 is 2.19 bits per heavy atom. The summed E-state index contributed by atoms with van der Waals surface area (Å²) in [5, 5.41) is 0.609. The van der Waals surface area contributed by atoms with E-state index in [1.165, 1.54) is 0 Å². The second-order valence-corrected chi connectivity index (χ2v) is 5.49. The van der Waals surface area contributed by atoms with E-state index in [2.05, 4.69) is 4.90 Å². The molecule has 1 heterocycles. The summed E-state index contributed by atoms with van der Waals surface area (Å²) < 4.78 is 10.9. The van der Waals surface area contributed by atoms with Crippen LogP contribution >= 0.6 is 11.6 Å². The highest BCUT2D eigenvalue weighted by Gasteiger charge is 2.29. The Kier molecular flexibility index (Phi) is 6.33. The molecule has 1 aliphatic rings. The van der Waals surface area contributed by atoms with E-state index in [0.29, 0.717) is 30.5 Å². The third-order valence-corrected chi connectivity index (χ3v) is 3.96. The third-order valence-electron chi connectivity index (χ3n) is 3.65. The van der Waals surface area contributed by atoms with Crippen LogP contribution in [-0.4, -0.2) is 43.2 Å². The molecule has 116 valence electrons. The van der Waals surface area contributed by atoms with Crippen molar-refractivity contribution in [2.45, 2.75) is 32.2 Å². The van der Waals surface area contributed by atoms with Gasteiger partial charge in [-0.1, -0.05) is 30.2 Å². The Labute approximate surface area is 131 Å². The van der Waals surface area contributed by atoms with E-state index in [4.69, 9.17) is 21.1 Å². The molecule has 21 heavy (non-hydrogen) atoms. The summed E-state index contributed by atoms with van der Waals surface area (Å²) in [6, 6.07) is 7.29. The normalized spacial score (nSPS) is 19.2. The number of carbonyl (C=O) groups is 1. The maximum absolute atomic E-state index is 12.0. The molecule has 1 unspecified atom stereocenters. The van der Waals surface area contributed by atoms with E-state index in [1.54, 1.807) is 6.07 Å². The van der Waals surface area contributed by atoms with Gasteiger partial charge < -0.3 is 9.47 Å². The van der Waals surface area contributed by atoms with Gasteiger partial charge in [0, 0.05) is 6.54 Å². The Balaban J connectivity index is 1.85. The zero-order valence-corrected chi connectivity index (χ0v) is 13.1. The molecular weight excluding hydrogens is 290 g/mol. The fourth-order valence-electron chi connectivity index (χ4n) is 2.60. The first kappa shape index (κ1) is 16.1. The standard InChI is InChI=1S/C16H22ClNO3/c1-2-20-16(19)14-8-5-6-10-18(14)11-12-21-15-9-4-3-7-13(15)17/h3-4,7,9,14H,2,5-6,8,10-12H2,1H3. The lowest BCUT2D eigenvalue weighted by atomic mass is 10.0. The quantitative estimate of drug-likeness (QED) is 0.757. The lowest BCUT2D eigenvalue weighted by molar-refractivity contribution is -0.151. The van der Waals surface area contributed by atoms with Crippen molar-refractivity contribution in [2.75, 3.05) is 26.3 Å².